The second kappa shape index (κ2) is 5.45. The standard InChI is InChI=1S/C16H14BrN3O/c1-9-14(16(21)19-7-6-18)12-8-11(17)4-5-13(12)20-15(9)10-2-3-10/h4-5,8,10H,2-3,7H2,1H3,(H,19,21). The summed E-state index contributed by atoms with van der Waals surface area (Å²) in [4.78, 5) is 17.2. The van der Waals surface area contributed by atoms with Gasteiger partial charge in [0.1, 0.15) is 6.54 Å². The maximum Gasteiger partial charge on any atom is 0.253 e. The summed E-state index contributed by atoms with van der Waals surface area (Å²) in [6, 6.07) is 7.70. The predicted molar refractivity (Wildman–Crippen MR) is 84.1 cm³/mol. The van der Waals surface area contributed by atoms with Gasteiger partial charge in [-0.25, -0.2) is 0 Å². The molecular weight excluding hydrogens is 330 g/mol. The van der Waals surface area contributed by atoms with Gasteiger partial charge in [0.25, 0.3) is 5.91 Å². The molecule has 0 saturated heterocycles. The van der Waals surface area contributed by atoms with E-state index in [0.29, 0.717) is 11.5 Å². The van der Waals surface area contributed by atoms with Gasteiger partial charge in [-0.3, -0.25) is 9.78 Å². The van der Waals surface area contributed by atoms with Crippen molar-refractivity contribution >= 4 is 32.7 Å². The molecule has 106 valence electrons. The number of hydrogen-bond acceptors (Lipinski definition) is 3. The van der Waals surface area contributed by atoms with E-state index in [2.05, 4.69) is 21.2 Å². The molecule has 1 amide bonds. The molecule has 1 aromatic carbocycles. The number of amides is 1. The molecule has 0 bridgehead atoms. The van der Waals surface area contributed by atoms with Crippen LogP contribution >= 0.6 is 15.9 Å². The summed E-state index contributed by atoms with van der Waals surface area (Å²) >= 11 is 3.44. The minimum atomic E-state index is -0.207. The van der Waals surface area contributed by atoms with Crippen LogP contribution in [0.25, 0.3) is 10.9 Å². The van der Waals surface area contributed by atoms with Crippen molar-refractivity contribution in [3.05, 3.63) is 39.5 Å². The summed E-state index contributed by atoms with van der Waals surface area (Å²) in [6.45, 7) is 1.96. The summed E-state index contributed by atoms with van der Waals surface area (Å²) in [5.41, 5.74) is 3.41. The lowest BCUT2D eigenvalue weighted by Gasteiger charge is -2.13. The van der Waals surface area contributed by atoms with Gasteiger partial charge in [0.05, 0.1) is 17.1 Å². The maximum absolute atomic E-state index is 12.4. The molecule has 21 heavy (non-hydrogen) atoms. The van der Waals surface area contributed by atoms with Crippen LogP contribution in [-0.4, -0.2) is 17.4 Å². The van der Waals surface area contributed by atoms with Gasteiger partial charge in [0.15, 0.2) is 0 Å². The largest absolute Gasteiger partial charge is 0.339 e. The summed E-state index contributed by atoms with van der Waals surface area (Å²) in [6.07, 6.45) is 2.27. The fraction of sp³-hybridized carbons (Fsp3) is 0.312. The Labute approximate surface area is 131 Å². The molecule has 1 saturated carbocycles. The van der Waals surface area contributed by atoms with Crippen molar-refractivity contribution in [3.8, 4) is 6.07 Å². The number of nitrogens with one attached hydrogen (secondary N) is 1. The van der Waals surface area contributed by atoms with Crippen LogP contribution < -0.4 is 5.32 Å². The van der Waals surface area contributed by atoms with E-state index in [1.165, 1.54) is 0 Å². The Balaban J connectivity index is 2.22. The Morgan fingerprint density at radius 3 is 2.95 bits per heavy atom. The molecule has 1 heterocycles. The number of carbonyl (C=O) groups is 1. The van der Waals surface area contributed by atoms with Crippen LogP contribution in [0.2, 0.25) is 0 Å². The van der Waals surface area contributed by atoms with Crippen molar-refractivity contribution in [2.75, 3.05) is 6.54 Å². The summed E-state index contributed by atoms with van der Waals surface area (Å²) in [5, 5.41) is 12.1. The zero-order valence-electron chi connectivity index (χ0n) is 11.6. The Hall–Kier alpha value is -1.93. The average Bonchev–Trinajstić information content (AvgIpc) is 3.28. The van der Waals surface area contributed by atoms with Crippen molar-refractivity contribution in [1.29, 1.82) is 5.26 Å². The number of carbonyl (C=O) groups excluding carboxylic acids is 1. The molecule has 0 spiro atoms. The lowest BCUT2D eigenvalue weighted by atomic mass is 9.98. The van der Waals surface area contributed by atoms with Gasteiger partial charge >= 0.3 is 0 Å². The van der Waals surface area contributed by atoms with Crippen molar-refractivity contribution in [1.82, 2.24) is 10.3 Å². The van der Waals surface area contributed by atoms with Gasteiger partial charge in [0.2, 0.25) is 0 Å². The van der Waals surface area contributed by atoms with Crippen molar-refractivity contribution < 1.29 is 4.79 Å². The third kappa shape index (κ3) is 2.64. The molecule has 1 aliphatic rings. The second-order valence-corrected chi connectivity index (χ2v) is 6.19. The number of aromatic nitrogens is 1. The number of hydrogen-bond donors (Lipinski definition) is 1. The topological polar surface area (TPSA) is 65.8 Å². The van der Waals surface area contributed by atoms with E-state index in [9.17, 15) is 4.79 Å². The van der Waals surface area contributed by atoms with Gasteiger partial charge < -0.3 is 5.32 Å². The van der Waals surface area contributed by atoms with Crippen molar-refractivity contribution in [2.24, 2.45) is 0 Å². The average molecular weight is 344 g/mol. The summed E-state index contributed by atoms with van der Waals surface area (Å²) in [7, 11) is 0. The van der Waals surface area contributed by atoms with E-state index in [4.69, 9.17) is 10.2 Å². The van der Waals surface area contributed by atoms with Crippen LogP contribution in [0.4, 0.5) is 0 Å². The molecule has 5 heteroatoms. The Kier molecular flexibility index (Phi) is 3.64. The SMILES string of the molecule is Cc1c(C2CC2)nc2ccc(Br)cc2c1C(=O)NCC#N. The molecule has 0 unspecified atom stereocenters. The van der Waals surface area contributed by atoms with Gasteiger partial charge in [-0.15, -0.1) is 0 Å². The Morgan fingerprint density at radius 2 is 2.29 bits per heavy atom. The number of pyridine rings is 1. The maximum atomic E-state index is 12.4. The minimum Gasteiger partial charge on any atom is -0.339 e. The molecule has 1 fully saturated rings. The van der Waals surface area contributed by atoms with Gasteiger partial charge in [-0.1, -0.05) is 15.9 Å². The lowest BCUT2D eigenvalue weighted by molar-refractivity contribution is 0.0959. The number of benzene rings is 1. The van der Waals surface area contributed by atoms with Gasteiger partial charge in [-0.2, -0.15) is 5.26 Å². The highest BCUT2D eigenvalue weighted by molar-refractivity contribution is 9.10. The highest BCUT2D eigenvalue weighted by Crippen LogP contribution is 2.42. The van der Waals surface area contributed by atoms with Crippen molar-refractivity contribution in [2.45, 2.75) is 25.7 Å². The number of nitriles is 1. The molecule has 0 radical (unpaired) electrons. The number of fused-ring (bicyclic) bond motifs is 1. The minimum absolute atomic E-state index is 0.00878. The van der Waals surface area contributed by atoms with E-state index in [1.54, 1.807) is 0 Å². The first-order chi connectivity index (χ1) is 10.1. The first-order valence-electron chi connectivity index (χ1n) is 6.86. The fourth-order valence-electron chi connectivity index (χ4n) is 2.60. The molecule has 0 aliphatic heterocycles. The molecule has 2 aromatic rings. The second-order valence-electron chi connectivity index (χ2n) is 5.27. The highest BCUT2D eigenvalue weighted by atomic mass is 79.9. The number of halogens is 1. The first kappa shape index (κ1) is 14.0. The lowest BCUT2D eigenvalue weighted by Crippen LogP contribution is -2.25. The zero-order valence-corrected chi connectivity index (χ0v) is 13.2. The summed E-state index contributed by atoms with van der Waals surface area (Å²) < 4.78 is 0.907. The van der Waals surface area contributed by atoms with Crippen LogP contribution in [-0.2, 0) is 0 Å². The highest BCUT2D eigenvalue weighted by Gasteiger charge is 2.29. The molecule has 1 aliphatic carbocycles. The van der Waals surface area contributed by atoms with E-state index >= 15 is 0 Å². The van der Waals surface area contributed by atoms with Crippen LogP contribution in [0.3, 0.4) is 0 Å². The van der Waals surface area contributed by atoms with Crippen LogP contribution in [0.1, 0.15) is 40.4 Å². The molecule has 4 nitrogen and oxygen atoms in total. The zero-order chi connectivity index (χ0) is 15.0. The summed E-state index contributed by atoms with van der Waals surface area (Å²) in [5.74, 6) is 0.266. The molecule has 1 N–H and O–H groups in total. The monoisotopic (exact) mass is 343 g/mol. The van der Waals surface area contributed by atoms with Crippen LogP contribution in [0, 0.1) is 18.3 Å². The third-order valence-corrected chi connectivity index (χ3v) is 4.24. The van der Waals surface area contributed by atoms with Crippen LogP contribution in [0.15, 0.2) is 22.7 Å². The van der Waals surface area contributed by atoms with Crippen LogP contribution in [0.5, 0.6) is 0 Å². The smallest absolute Gasteiger partial charge is 0.253 e. The van der Waals surface area contributed by atoms with E-state index in [-0.39, 0.29) is 12.5 Å². The van der Waals surface area contributed by atoms with E-state index < -0.39 is 0 Å². The molecular formula is C16H14BrN3O. The quantitative estimate of drug-likeness (QED) is 0.868. The third-order valence-electron chi connectivity index (χ3n) is 3.75. The fourth-order valence-corrected chi connectivity index (χ4v) is 2.97. The van der Waals surface area contributed by atoms with Gasteiger partial charge in [-0.05, 0) is 43.5 Å². The van der Waals surface area contributed by atoms with E-state index in [1.807, 2.05) is 31.2 Å². The normalized spacial score (nSPS) is 14.0. The molecule has 1 aromatic heterocycles. The predicted octanol–water partition coefficient (Wildman–Crippen LogP) is 3.44. The number of nitrogens with zero attached hydrogens (tertiary/aromatic N) is 2. The van der Waals surface area contributed by atoms with E-state index in [0.717, 1.165) is 39.5 Å². The first-order valence-corrected chi connectivity index (χ1v) is 7.66. The number of rotatable bonds is 3. The van der Waals surface area contributed by atoms with Gasteiger partial charge in [0, 0.05) is 21.5 Å². The Bertz CT molecular complexity index is 775. The molecule has 3 rings (SSSR count). The molecule has 0 atom stereocenters. The Morgan fingerprint density at radius 1 is 1.52 bits per heavy atom. The van der Waals surface area contributed by atoms with Crippen molar-refractivity contribution in [3.63, 3.8) is 0 Å².